The second-order valence-electron chi connectivity index (χ2n) is 5.37. The molecule has 7 heteroatoms. The molecule has 124 valence electrons. The van der Waals surface area contributed by atoms with E-state index in [-0.39, 0.29) is 18.1 Å². The smallest absolute Gasteiger partial charge is 0.316 e. The summed E-state index contributed by atoms with van der Waals surface area (Å²) in [5, 5.41) is 7.20. The number of hydrogen-bond donors (Lipinski definition) is 1. The van der Waals surface area contributed by atoms with Crippen molar-refractivity contribution in [3.8, 4) is 5.69 Å². The monoisotopic (exact) mass is 390 g/mol. The molecule has 3 rings (SSSR count). The molecule has 0 bridgehead atoms. The molecule has 1 N–H and O–H groups in total. The maximum absolute atomic E-state index is 13.4. The van der Waals surface area contributed by atoms with E-state index in [1.54, 1.807) is 6.07 Å². The second-order valence-corrected chi connectivity index (χ2v) is 6.23. The highest BCUT2D eigenvalue weighted by Gasteiger charge is 2.10. The Labute approximate surface area is 146 Å². The Balaban J connectivity index is 1.88. The van der Waals surface area contributed by atoms with E-state index in [0.29, 0.717) is 5.56 Å². The molecule has 0 aliphatic heterocycles. The summed E-state index contributed by atoms with van der Waals surface area (Å²) in [6.45, 7) is 0.962. The summed E-state index contributed by atoms with van der Waals surface area (Å²) in [4.78, 5) is 12.5. The molecule has 0 aliphatic rings. The molecule has 0 saturated heterocycles. The lowest BCUT2D eigenvalue weighted by molar-refractivity contribution is 0.613. The molecular formula is C17H16BrFN4O. The predicted molar refractivity (Wildman–Crippen MR) is 93.8 cm³/mol. The molecule has 2 aromatic carbocycles. The molecule has 0 aliphatic carbocycles. The van der Waals surface area contributed by atoms with E-state index >= 15 is 0 Å². The van der Waals surface area contributed by atoms with Crippen LogP contribution in [0, 0.1) is 5.82 Å². The van der Waals surface area contributed by atoms with Crippen LogP contribution >= 0.6 is 15.9 Å². The highest BCUT2D eigenvalue weighted by Crippen LogP contribution is 2.18. The van der Waals surface area contributed by atoms with Gasteiger partial charge >= 0.3 is 5.69 Å². The van der Waals surface area contributed by atoms with Crippen LogP contribution in [0.25, 0.3) is 5.69 Å². The van der Waals surface area contributed by atoms with E-state index in [4.69, 9.17) is 0 Å². The van der Waals surface area contributed by atoms with Crippen LogP contribution in [-0.4, -0.2) is 21.4 Å². The number of benzene rings is 2. The molecule has 3 aromatic rings. The summed E-state index contributed by atoms with van der Waals surface area (Å²) in [7, 11) is 1.88. The first-order chi connectivity index (χ1) is 11.6. The van der Waals surface area contributed by atoms with Crippen LogP contribution in [0.15, 0.2) is 58.1 Å². The molecule has 0 amide bonds. The van der Waals surface area contributed by atoms with E-state index in [1.807, 2.05) is 31.3 Å². The van der Waals surface area contributed by atoms with Gasteiger partial charge in [0, 0.05) is 11.0 Å². The number of rotatable bonds is 5. The van der Waals surface area contributed by atoms with Crippen molar-refractivity contribution in [2.24, 2.45) is 0 Å². The van der Waals surface area contributed by atoms with Crippen molar-refractivity contribution >= 4 is 15.9 Å². The van der Waals surface area contributed by atoms with Gasteiger partial charge in [0.15, 0.2) is 0 Å². The van der Waals surface area contributed by atoms with Gasteiger partial charge in [0.1, 0.15) is 12.1 Å². The van der Waals surface area contributed by atoms with Gasteiger partial charge in [-0.05, 0) is 48.5 Å². The summed E-state index contributed by atoms with van der Waals surface area (Å²) < 4.78 is 16.9. The van der Waals surface area contributed by atoms with Crippen LogP contribution < -0.4 is 11.0 Å². The minimum Gasteiger partial charge on any atom is -0.316 e. The van der Waals surface area contributed by atoms with Crippen LogP contribution in [0.3, 0.4) is 0 Å². The Kier molecular flexibility index (Phi) is 4.92. The fraction of sp³-hybridized carbons (Fsp3) is 0.176. The molecule has 0 fully saturated rings. The standard InChI is InChI=1S/C17H16BrFN4O/c1-20-9-12-2-5-15(6-3-12)22-11-21-23(17(22)24)10-13-8-14(19)4-7-16(13)18/h2-8,11,20H,9-10H2,1H3. The maximum atomic E-state index is 13.4. The van der Waals surface area contributed by atoms with Crippen molar-refractivity contribution in [3.05, 3.63) is 80.7 Å². The zero-order valence-corrected chi connectivity index (χ0v) is 14.6. The van der Waals surface area contributed by atoms with Crippen molar-refractivity contribution in [1.82, 2.24) is 19.7 Å². The maximum Gasteiger partial charge on any atom is 0.350 e. The summed E-state index contributed by atoms with van der Waals surface area (Å²) in [5.41, 5.74) is 2.26. The molecule has 5 nitrogen and oxygen atoms in total. The number of halogens is 2. The van der Waals surface area contributed by atoms with Gasteiger partial charge in [-0.1, -0.05) is 28.1 Å². The van der Waals surface area contributed by atoms with E-state index in [1.165, 1.54) is 27.7 Å². The zero-order chi connectivity index (χ0) is 17.1. The lowest BCUT2D eigenvalue weighted by atomic mass is 10.2. The van der Waals surface area contributed by atoms with Crippen molar-refractivity contribution in [2.75, 3.05) is 7.05 Å². The summed E-state index contributed by atoms with van der Waals surface area (Å²) in [6, 6.07) is 12.0. The molecule has 1 heterocycles. The molecular weight excluding hydrogens is 375 g/mol. The van der Waals surface area contributed by atoms with Crippen LogP contribution in [0.4, 0.5) is 4.39 Å². The van der Waals surface area contributed by atoms with Crippen LogP contribution in [-0.2, 0) is 13.1 Å². The minimum atomic E-state index is -0.346. The number of hydrogen-bond acceptors (Lipinski definition) is 3. The Morgan fingerprint density at radius 3 is 2.67 bits per heavy atom. The lowest BCUT2D eigenvalue weighted by Gasteiger charge is -2.05. The summed E-state index contributed by atoms with van der Waals surface area (Å²) in [5.74, 6) is -0.346. The second kappa shape index (κ2) is 7.11. The largest absolute Gasteiger partial charge is 0.350 e. The van der Waals surface area contributed by atoms with Crippen molar-refractivity contribution < 1.29 is 4.39 Å². The highest BCUT2D eigenvalue weighted by molar-refractivity contribution is 9.10. The topological polar surface area (TPSA) is 51.9 Å². The molecule has 0 saturated carbocycles. The average Bonchev–Trinajstić information content (AvgIpc) is 2.93. The highest BCUT2D eigenvalue weighted by atomic mass is 79.9. The molecule has 0 unspecified atom stereocenters. The Hall–Kier alpha value is -2.25. The Morgan fingerprint density at radius 2 is 1.96 bits per heavy atom. The lowest BCUT2D eigenvalue weighted by Crippen LogP contribution is -2.24. The number of aromatic nitrogens is 3. The Bertz CT molecular complexity index is 902. The fourth-order valence-corrected chi connectivity index (χ4v) is 2.80. The first-order valence-electron chi connectivity index (χ1n) is 7.41. The Morgan fingerprint density at radius 1 is 1.21 bits per heavy atom. The van der Waals surface area contributed by atoms with Crippen LogP contribution in [0.2, 0.25) is 0 Å². The van der Waals surface area contributed by atoms with Crippen molar-refractivity contribution in [2.45, 2.75) is 13.1 Å². The van der Waals surface area contributed by atoms with Crippen molar-refractivity contribution in [3.63, 3.8) is 0 Å². The third-order valence-corrected chi connectivity index (χ3v) is 4.43. The predicted octanol–water partition coefficient (Wildman–Crippen LogP) is 2.70. The van der Waals surface area contributed by atoms with Gasteiger partial charge in [0.25, 0.3) is 0 Å². The van der Waals surface area contributed by atoms with E-state index in [2.05, 4.69) is 26.3 Å². The van der Waals surface area contributed by atoms with Gasteiger partial charge < -0.3 is 5.32 Å². The van der Waals surface area contributed by atoms with Gasteiger partial charge in [-0.2, -0.15) is 5.10 Å². The third-order valence-electron chi connectivity index (χ3n) is 3.66. The van der Waals surface area contributed by atoms with Gasteiger partial charge in [-0.3, -0.25) is 0 Å². The van der Waals surface area contributed by atoms with E-state index < -0.39 is 0 Å². The number of nitrogens with one attached hydrogen (secondary N) is 1. The van der Waals surface area contributed by atoms with E-state index in [9.17, 15) is 9.18 Å². The van der Waals surface area contributed by atoms with Crippen LogP contribution in [0.5, 0.6) is 0 Å². The van der Waals surface area contributed by atoms with Gasteiger partial charge in [-0.25, -0.2) is 18.4 Å². The normalized spacial score (nSPS) is 11.0. The first-order valence-corrected chi connectivity index (χ1v) is 8.20. The van der Waals surface area contributed by atoms with Gasteiger partial charge in [0.2, 0.25) is 0 Å². The molecule has 0 spiro atoms. The van der Waals surface area contributed by atoms with Crippen LogP contribution in [0.1, 0.15) is 11.1 Å². The first kappa shape index (κ1) is 16.6. The molecule has 24 heavy (non-hydrogen) atoms. The average molecular weight is 391 g/mol. The molecule has 0 radical (unpaired) electrons. The minimum absolute atomic E-state index is 0.196. The quantitative estimate of drug-likeness (QED) is 0.728. The molecule has 0 atom stereocenters. The van der Waals surface area contributed by atoms with E-state index in [0.717, 1.165) is 22.3 Å². The number of nitrogens with zero attached hydrogens (tertiary/aromatic N) is 3. The summed E-state index contributed by atoms with van der Waals surface area (Å²) >= 11 is 3.36. The van der Waals surface area contributed by atoms with Gasteiger partial charge in [0.05, 0.1) is 12.2 Å². The SMILES string of the molecule is CNCc1ccc(-n2cnn(Cc3cc(F)ccc3Br)c2=O)cc1. The van der Waals surface area contributed by atoms with Gasteiger partial charge in [-0.15, -0.1) is 0 Å². The zero-order valence-electron chi connectivity index (χ0n) is 13.0. The summed E-state index contributed by atoms with van der Waals surface area (Å²) in [6.07, 6.45) is 1.47. The molecule has 1 aromatic heterocycles. The fourth-order valence-electron chi connectivity index (χ4n) is 2.43. The third kappa shape index (κ3) is 3.47. The van der Waals surface area contributed by atoms with Crippen molar-refractivity contribution in [1.29, 1.82) is 0 Å².